The predicted octanol–water partition coefficient (Wildman–Crippen LogP) is 1.85. The quantitative estimate of drug-likeness (QED) is 0.742. The van der Waals surface area contributed by atoms with E-state index >= 15 is 0 Å². The molecule has 0 radical (unpaired) electrons. The van der Waals surface area contributed by atoms with Gasteiger partial charge in [-0.05, 0) is 25.0 Å². The Bertz CT molecular complexity index is 493. The van der Waals surface area contributed by atoms with Crippen molar-refractivity contribution in [3.63, 3.8) is 0 Å². The maximum Gasteiger partial charge on any atom is 0.251 e. The van der Waals surface area contributed by atoms with E-state index in [1.807, 2.05) is 0 Å². The summed E-state index contributed by atoms with van der Waals surface area (Å²) in [6, 6.07) is 2.92. The van der Waals surface area contributed by atoms with E-state index in [-0.39, 0.29) is 28.2 Å². The average Bonchev–Trinajstić information content (AvgIpc) is 2.45. The zero-order chi connectivity index (χ0) is 14.8. The molecule has 1 heterocycles. The van der Waals surface area contributed by atoms with Crippen LogP contribution < -0.4 is 11.1 Å². The van der Waals surface area contributed by atoms with E-state index in [9.17, 15) is 9.90 Å². The molecule has 2 rings (SSSR count). The lowest BCUT2D eigenvalue weighted by Crippen LogP contribution is -2.54. The van der Waals surface area contributed by atoms with Gasteiger partial charge in [-0.1, -0.05) is 23.2 Å². The van der Waals surface area contributed by atoms with Gasteiger partial charge < -0.3 is 20.9 Å². The number of amides is 1. The van der Waals surface area contributed by atoms with Gasteiger partial charge in [0.2, 0.25) is 0 Å². The van der Waals surface area contributed by atoms with Crippen molar-refractivity contribution in [3.8, 4) is 0 Å². The molecule has 0 spiro atoms. The smallest absolute Gasteiger partial charge is 0.251 e. The molecule has 1 aliphatic rings. The van der Waals surface area contributed by atoms with Gasteiger partial charge in [0.05, 0.1) is 27.9 Å². The van der Waals surface area contributed by atoms with Crippen molar-refractivity contribution >= 4 is 34.8 Å². The number of nitrogens with two attached hydrogens (primary N) is 1. The molecule has 1 saturated heterocycles. The summed E-state index contributed by atoms with van der Waals surface area (Å²) in [4.78, 5) is 12.3. The topological polar surface area (TPSA) is 84.6 Å². The molecular formula is C13H16Cl2N2O3. The number of halogens is 2. The average molecular weight is 319 g/mol. The lowest BCUT2D eigenvalue weighted by Gasteiger charge is -2.36. The first-order chi connectivity index (χ1) is 9.47. The van der Waals surface area contributed by atoms with E-state index in [1.54, 1.807) is 0 Å². The number of benzene rings is 1. The number of nitrogens with one attached hydrogen (secondary N) is 1. The monoisotopic (exact) mass is 318 g/mol. The molecule has 1 aromatic carbocycles. The minimum absolute atomic E-state index is 0.140. The van der Waals surface area contributed by atoms with Crippen LogP contribution in [-0.4, -0.2) is 36.4 Å². The Labute approximate surface area is 127 Å². The number of nitrogen functional groups attached to an aromatic ring is 1. The molecule has 0 aliphatic carbocycles. The van der Waals surface area contributed by atoms with Gasteiger partial charge in [0.25, 0.3) is 5.91 Å². The largest absolute Gasteiger partial charge is 0.397 e. The van der Waals surface area contributed by atoms with Gasteiger partial charge in [0, 0.05) is 18.8 Å². The van der Waals surface area contributed by atoms with E-state index in [1.165, 1.54) is 12.1 Å². The Morgan fingerprint density at radius 3 is 2.60 bits per heavy atom. The Hall–Kier alpha value is -1.01. The lowest BCUT2D eigenvalue weighted by atomic mass is 9.90. The number of aliphatic hydroxyl groups excluding tert-OH is 1. The molecule has 5 nitrogen and oxygen atoms in total. The molecule has 0 unspecified atom stereocenters. The summed E-state index contributed by atoms with van der Waals surface area (Å²) in [5.41, 5.74) is 5.60. The van der Waals surface area contributed by atoms with Gasteiger partial charge >= 0.3 is 0 Å². The van der Waals surface area contributed by atoms with E-state index in [0.717, 1.165) is 0 Å². The molecule has 20 heavy (non-hydrogen) atoms. The highest BCUT2D eigenvalue weighted by molar-refractivity contribution is 6.43. The third-order valence-electron chi connectivity index (χ3n) is 3.45. The van der Waals surface area contributed by atoms with Crippen molar-refractivity contribution in [2.24, 2.45) is 0 Å². The molecular weight excluding hydrogens is 303 g/mol. The fourth-order valence-electron chi connectivity index (χ4n) is 2.14. The van der Waals surface area contributed by atoms with Crippen molar-refractivity contribution < 1.29 is 14.6 Å². The van der Waals surface area contributed by atoms with Crippen LogP contribution in [0.2, 0.25) is 10.0 Å². The number of aliphatic hydroxyl groups is 1. The van der Waals surface area contributed by atoms with Gasteiger partial charge in [-0.3, -0.25) is 4.79 Å². The number of rotatable bonds is 3. The molecule has 1 aromatic rings. The number of hydrogen-bond donors (Lipinski definition) is 3. The number of carbonyl (C=O) groups excluding carboxylic acids is 1. The highest BCUT2D eigenvalue weighted by Crippen LogP contribution is 2.30. The van der Waals surface area contributed by atoms with Crippen molar-refractivity contribution in [1.29, 1.82) is 0 Å². The van der Waals surface area contributed by atoms with E-state index in [4.69, 9.17) is 33.7 Å². The van der Waals surface area contributed by atoms with E-state index < -0.39 is 5.54 Å². The van der Waals surface area contributed by atoms with Crippen LogP contribution in [-0.2, 0) is 4.74 Å². The second-order valence-electron chi connectivity index (χ2n) is 4.87. The summed E-state index contributed by atoms with van der Waals surface area (Å²) in [6.07, 6.45) is 1.12. The molecule has 0 saturated carbocycles. The third-order valence-corrected chi connectivity index (χ3v) is 4.27. The van der Waals surface area contributed by atoms with Crippen LogP contribution in [0.15, 0.2) is 12.1 Å². The number of ether oxygens (including phenoxy) is 1. The van der Waals surface area contributed by atoms with Crippen LogP contribution in [0, 0.1) is 0 Å². The first kappa shape index (κ1) is 15.4. The molecule has 0 atom stereocenters. The van der Waals surface area contributed by atoms with Crippen LogP contribution in [0.3, 0.4) is 0 Å². The molecule has 4 N–H and O–H groups in total. The minimum atomic E-state index is -0.657. The van der Waals surface area contributed by atoms with E-state index in [2.05, 4.69) is 5.32 Å². The zero-order valence-corrected chi connectivity index (χ0v) is 12.3. The summed E-state index contributed by atoms with van der Waals surface area (Å²) >= 11 is 11.8. The number of carbonyl (C=O) groups is 1. The number of anilines is 1. The van der Waals surface area contributed by atoms with Crippen molar-refractivity contribution in [1.82, 2.24) is 5.32 Å². The van der Waals surface area contributed by atoms with Gasteiger partial charge in [0.1, 0.15) is 0 Å². The predicted molar refractivity (Wildman–Crippen MR) is 78.2 cm³/mol. The van der Waals surface area contributed by atoms with Gasteiger partial charge in [-0.15, -0.1) is 0 Å². The van der Waals surface area contributed by atoms with Gasteiger partial charge in [-0.25, -0.2) is 0 Å². The lowest BCUT2D eigenvalue weighted by molar-refractivity contribution is 0.0125. The molecule has 0 bridgehead atoms. The summed E-state index contributed by atoms with van der Waals surface area (Å²) < 4.78 is 5.25. The second kappa shape index (κ2) is 6.18. The number of hydrogen-bond acceptors (Lipinski definition) is 4. The Balaban J connectivity index is 2.19. The summed E-state index contributed by atoms with van der Waals surface area (Å²) in [6.45, 7) is 0.869. The molecule has 0 aromatic heterocycles. The fourth-order valence-corrected chi connectivity index (χ4v) is 2.47. The highest BCUT2D eigenvalue weighted by atomic mass is 35.5. The Morgan fingerprint density at radius 1 is 1.40 bits per heavy atom. The van der Waals surface area contributed by atoms with Crippen LogP contribution in [0.4, 0.5) is 5.69 Å². The molecule has 7 heteroatoms. The SMILES string of the molecule is Nc1cc(C(=O)NC2(CO)CCOCC2)cc(Cl)c1Cl. The van der Waals surface area contributed by atoms with E-state index in [0.29, 0.717) is 31.6 Å². The summed E-state index contributed by atoms with van der Waals surface area (Å²) in [5.74, 6) is -0.341. The van der Waals surface area contributed by atoms with Crippen LogP contribution in [0.1, 0.15) is 23.2 Å². The summed E-state index contributed by atoms with van der Waals surface area (Å²) in [5, 5.41) is 12.8. The Kier molecular flexibility index (Phi) is 4.75. The van der Waals surface area contributed by atoms with Crippen molar-refractivity contribution in [2.45, 2.75) is 18.4 Å². The highest BCUT2D eigenvalue weighted by Gasteiger charge is 2.33. The van der Waals surface area contributed by atoms with Gasteiger partial charge in [-0.2, -0.15) is 0 Å². The van der Waals surface area contributed by atoms with Crippen LogP contribution in [0.5, 0.6) is 0 Å². The first-order valence-corrected chi connectivity index (χ1v) is 6.99. The van der Waals surface area contributed by atoms with Crippen LogP contribution >= 0.6 is 23.2 Å². The standard InChI is InChI=1S/C13H16Cl2N2O3/c14-9-5-8(6-10(16)11(9)15)12(19)17-13(7-18)1-3-20-4-2-13/h5-6,18H,1-4,7,16H2,(H,17,19). The fraction of sp³-hybridized carbons (Fsp3) is 0.462. The zero-order valence-electron chi connectivity index (χ0n) is 10.8. The minimum Gasteiger partial charge on any atom is -0.397 e. The first-order valence-electron chi connectivity index (χ1n) is 6.23. The van der Waals surface area contributed by atoms with Crippen molar-refractivity contribution in [3.05, 3.63) is 27.7 Å². The normalized spacial score (nSPS) is 17.8. The maximum absolute atomic E-state index is 12.3. The Morgan fingerprint density at radius 2 is 2.05 bits per heavy atom. The maximum atomic E-state index is 12.3. The molecule has 1 fully saturated rings. The molecule has 110 valence electrons. The van der Waals surface area contributed by atoms with Crippen LogP contribution in [0.25, 0.3) is 0 Å². The molecule has 1 aliphatic heterocycles. The summed E-state index contributed by atoms with van der Waals surface area (Å²) in [7, 11) is 0. The van der Waals surface area contributed by atoms with Crippen molar-refractivity contribution in [2.75, 3.05) is 25.6 Å². The third kappa shape index (κ3) is 3.17. The second-order valence-corrected chi connectivity index (χ2v) is 5.65. The van der Waals surface area contributed by atoms with Gasteiger partial charge in [0.15, 0.2) is 0 Å². The molecule has 1 amide bonds.